The third-order valence-electron chi connectivity index (χ3n) is 3.46. The van der Waals surface area contributed by atoms with E-state index >= 15 is 0 Å². The Labute approximate surface area is 156 Å². The van der Waals surface area contributed by atoms with Crippen molar-refractivity contribution in [2.75, 3.05) is 5.32 Å². The molecular formula is C17H13F3N4O4. The molecule has 0 saturated heterocycles. The van der Waals surface area contributed by atoms with Crippen LogP contribution in [-0.4, -0.2) is 28.6 Å². The Morgan fingerprint density at radius 3 is 2.29 bits per heavy atom. The molecule has 0 aliphatic heterocycles. The molecule has 2 aromatic carbocycles. The van der Waals surface area contributed by atoms with Crippen LogP contribution in [0.4, 0.5) is 24.5 Å². The molecule has 0 aromatic heterocycles. The summed E-state index contributed by atoms with van der Waals surface area (Å²) in [5.41, 5.74) is 2.78. The number of nitrogens with one attached hydrogen (secondary N) is 2. The van der Waals surface area contributed by atoms with Gasteiger partial charge in [-0.15, -0.1) is 0 Å². The van der Waals surface area contributed by atoms with Gasteiger partial charge in [-0.3, -0.25) is 19.7 Å². The number of nitro benzene ring substituents is 1. The molecule has 2 rings (SSSR count). The van der Waals surface area contributed by atoms with Gasteiger partial charge in [0.2, 0.25) is 0 Å². The predicted octanol–water partition coefficient (Wildman–Crippen LogP) is 3.25. The average molecular weight is 394 g/mol. The first kappa shape index (κ1) is 20.6. The number of anilines is 1. The number of nitro groups is 1. The minimum absolute atomic E-state index is 0.0379. The molecule has 0 spiro atoms. The van der Waals surface area contributed by atoms with Gasteiger partial charge in [0.25, 0.3) is 11.6 Å². The number of nitrogens with zero attached hydrogens (tertiary/aromatic N) is 2. The molecule has 0 unspecified atom stereocenters. The van der Waals surface area contributed by atoms with E-state index in [1.165, 1.54) is 49.4 Å². The summed E-state index contributed by atoms with van der Waals surface area (Å²) in [7, 11) is 0. The largest absolute Gasteiger partial charge is 0.471 e. The van der Waals surface area contributed by atoms with Crippen LogP contribution in [0.15, 0.2) is 53.6 Å². The fourth-order valence-corrected chi connectivity index (χ4v) is 2.02. The lowest BCUT2D eigenvalue weighted by Gasteiger charge is -2.08. The number of halogens is 3. The Morgan fingerprint density at radius 1 is 1.07 bits per heavy atom. The Hall–Kier alpha value is -3.76. The van der Waals surface area contributed by atoms with Gasteiger partial charge >= 0.3 is 12.1 Å². The molecule has 0 saturated carbocycles. The lowest BCUT2D eigenvalue weighted by atomic mass is 10.1. The number of non-ortho nitro benzene ring substituents is 1. The van der Waals surface area contributed by atoms with E-state index in [0.717, 1.165) is 6.07 Å². The molecule has 11 heteroatoms. The van der Waals surface area contributed by atoms with E-state index in [1.54, 1.807) is 5.32 Å². The first-order valence-corrected chi connectivity index (χ1v) is 7.65. The molecule has 0 aliphatic carbocycles. The van der Waals surface area contributed by atoms with E-state index in [2.05, 4.69) is 10.5 Å². The van der Waals surface area contributed by atoms with Crippen LogP contribution in [0.5, 0.6) is 0 Å². The van der Waals surface area contributed by atoms with Crippen LogP contribution in [0.2, 0.25) is 0 Å². The van der Waals surface area contributed by atoms with Gasteiger partial charge in [0.05, 0.1) is 10.6 Å². The van der Waals surface area contributed by atoms with E-state index in [-0.39, 0.29) is 16.9 Å². The summed E-state index contributed by atoms with van der Waals surface area (Å²) in [5, 5.41) is 16.3. The smallest absolute Gasteiger partial charge is 0.318 e. The highest BCUT2D eigenvalue weighted by atomic mass is 19.4. The van der Waals surface area contributed by atoms with E-state index in [0.29, 0.717) is 11.3 Å². The third-order valence-corrected chi connectivity index (χ3v) is 3.46. The van der Waals surface area contributed by atoms with E-state index < -0.39 is 22.9 Å². The summed E-state index contributed by atoms with van der Waals surface area (Å²) in [4.78, 5) is 33.0. The van der Waals surface area contributed by atoms with Gasteiger partial charge in [0, 0.05) is 23.4 Å². The molecule has 2 N–H and O–H groups in total. The van der Waals surface area contributed by atoms with Crippen molar-refractivity contribution in [1.82, 2.24) is 5.43 Å². The molecule has 0 fully saturated rings. The molecule has 8 nitrogen and oxygen atoms in total. The average Bonchev–Trinajstić information content (AvgIpc) is 2.65. The van der Waals surface area contributed by atoms with Crippen molar-refractivity contribution in [3.05, 3.63) is 69.8 Å². The Kier molecular flexibility index (Phi) is 6.08. The van der Waals surface area contributed by atoms with Gasteiger partial charge in [-0.2, -0.15) is 18.3 Å². The summed E-state index contributed by atoms with van der Waals surface area (Å²) in [5.74, 6) is -2.76. The minimum Gasteiger partial charge on any atom is -0.318 e. The lowest BCUT2D eigenvalue weighted by Crippen LogP contribution is -2.29. The lowest BCUT2D eigenvalue weighted by molar-refractivity contribution is -0.384. The second kappa shape index (κ2) is 8.29. The highest BCUT2D eigenvalue weighted by Crippen LogP contribution is 2.19. The molecule has 0 bridgehead atoms. The summed E-state index contributed by atoms with van der Waals surface area (Å²) in [6.45, 7) is 1.54. The van der Waals surface area contributed by atoms with Crippen LogP contribution < -0.4 is 10.7 Å². The molecule has 0 atom stereocenters. The van der Waals surface area contributed by atoms with E-state index in [1.807, 2.05) is 0 Å². The fourth-order valence-electron chi connectivity index (χ4n) is 2.02. The zero-order chi connectivity index (χ0) is 20.9. The summed E-state index contributed by atoms with van der Waals surface area (Å²) in [6, 6.07) is 10.4. The van der Waals surface area contributed by atoms with Crippen LogP contribution in [0.1, 0.15) is 22.8 Å². The second-order valence-corrected chi connectivity index (χ2v) is 5.47. The van der Waals surface area contributed by atoms with Crippen LogP contribution in [0, 0.1) is 10.1 Å². The normalized spacial score (nSPS) is 11.6. The van der Waals surface area contributed by atoms with Gasteiger partial charge in [-0.25, -0.2) is 5.43 Å². The number of hydrogen-bond donors (Lipinski definition) is 2. The molecule has 0 aliphatic rings. The van der Waals surface area contributed by atoms with Gasteiger partial charge in [0.1, 0.15) is 0 Å². The molecule has 0 heterocycles. The quantitative estimate of drug-likeness (QED) is 0.460. The topological polar surface area (TPSA) is 114 Å². The molecule has 2 amide bonds. The molecule has 2 aromatic rings. The van der Waals surface area contributed by atoms with Crippen LogP contribution >= 0.6 is 0 Å². The van der Waals surface area contributed by atoms with Crippen LogP contribution in [-0.2, 0) is 4.79 Å². The Balaban J connectivity index is 2.05. The van der Waals surface area contributed by atoms with Crippen molar-refractivity contribution in [2.24, 2.45) is 5.10 Å². The number of amides is 2. The molecule has 0 radical (unpaired) electrons. The standard InChI is InChI=1S/C17H13F3N4O4/c1-10(11-5-7-13(8-6-11)21-16(26)17(18,19)20)22-23-15(25)12-3-2-4-14(9-12)24(27)28/h2-9H,1H3,(H,21,26)(H,23,25)/b22-10-. The fraction of sp³-hybridized carbons (Fsp3) is 0.118. The number of benzene rings is 2. The van der Waals surface area contributed by atoms with Crippen LogP contribution in [0.25, 0.3) is 0 Å². The maximum Gasteiger partial charge on any atom is 0.471 e. The third kappa shape index (κ3) is 5.37. The second-order valence-electron chi connectivity index (χ2n) is 5.47. The van der Waals surface area contributed by atoms with Crippen LogP contribution in [0.3, 0.4) is 0 Å². The van der Waals surface area contributed by atoms with Gasteiger partial charge in [-0.05, 0) is 30.7 Å². The first-order chi connectivity index (χ1) is 13.1. The predicted molar refractivity (Wildman–Crippen MR) is 93.9 cm³/mol. The minimum atomic E-state index is -4.99. The summed E-state index contributed by atoms with van der Waals surface area (Å²) >= 11 is 0. The van der Waals surface area contributed by atoms with Crippen molar-refractivity contribution >= 4 is 28.9 Å². The molecule has 28 heavy (non-hydrogen) atoms. The number of carbonyl (C=O) groups is 2. The van der Waals surface area contributed by atoms with Crippen molar-refractivity contribution in [1.29, 1.82) is 0 Å². The Bertz CT molecular complexity index is 940. The van der Waals surface area contributed by atoms with Gasteiger partial charge in [0.15, 0.2) is 0 Å². The zero-order valence-corrected chi connectivity index (χ0v) is 14.3. The Morgan fingerprint density at radius 2 is 1.71 bits per heavy atom. The van der Waals surface area contributed by atoms with Crippen molar-refractivity contribution < 1.29 is 27.7 Å². The molecular weight excluding hydrogens is 381 g/mol. The zero-order valence-electron chi connectivity index (χ0n) is 14.3. The van der Waals surface area contributed by atoms with E-state index in [4.69, 9.17) is 0 Å². The van der Waals surface area contributed by atoms with Crippen molar-refractivity contribution in [3.8, 4) is 0 Å². The highest BCUT2D eigenvalue weighted by Gasteiger charge is 2.38. The number of rotatable bonds is 5. The molecule has 146 valence electrons. The monoisotopic (exact) mass is 394 g/mol. The summed E-state index contributed by atoms with van der Waals surface area (Å²) < 4.78 is 36.7. The maximum atomic E-state index is 12.2. The van der Waals surface area contributed by atoms with Crippen molar-refractivity contribution in [2.45, 2.75) is 13.1 Å². The van der Waals surface area contributed by atoms with E-state index in [9.17, 15) is 32.9 Å². The number of hydrogen-bond acceptors (Lipinski definition) is 5. The van der Waals surface area contributed by atoms with Crippen molar-refractivity contribution in [3.63, 3.8) is 0 Å². The maximum absolute atomic E-state index is 12.2. The number of carbonyl (C=O) groups excluding carboxylic acids is 2. The first-order valence-electron chi connectivity index (χ1n) is 7.65. The van der Waals surface area contributed by atoms with Gasteiger partial charge in [-0.1, -0.05) is 18.2 Å². The number of hydrazone groups is 1. The SMILES string of the molecule is C/C(=N/NC(=O)c1cccc([N+](=O)[O-])c1)c1ccc(NC(=O)C(F)(F)F)cc1. The van der Waals surface area contributed by atoms with Gasteiger partial charge < -0.3 is 5.32 Å². The summed E-state index contributed by atoms with van der Waals surface area (Å²) in [6.07, 6.45) is -4.99. The number of alkyl halides is 3. The highest BCUT2D eigenvalue weighted by molar-refractivity contribution is 6.01.